The molecule has 3 aliphatic heterocycles. The number of carbonyl (C=O) groups is 5. The molecule has 2 fully saturated rings. The van der Waals surface area contributed by atoms with Gasteiger partial charge < -0.3 is 36.2 Å². The zero-order chi connectivity index (χ0) is 44.1. The molecule has 0 radical (unpaired) electrons. The van der Waals surface area contributed by atoms with Crippen molar-refractivity contribution in [2.75, 3.05) is 41.9 Å². The average Bonchev–Trinajstić information content (AvgIpc) is 3.96. The maximum absolute atomic E-state index is 13.8. The quantitative estimate of drug-likeness (QED) is 0.0373. The van der Waals surface area contributed by atoms with Crippen LogP contribution in [0.3, 0.4) is 0 Å². The predicted molar refractivity (Wildman–Crippen MR) is 249 cm³/mol. The van der Waals surface area contributed by atoms with E-state index < -0.39 is 11.1 Å². The number of aromatic nitrogens is 3. The number of urea groups is 1. The molecule has 0 bridgehead atoms. The fourth-order valence-electron chi connectivity index (χ4n) is 7.84. The van der Waals surface area contributed by atoms with E-state index in [9.17, 15) is 24.0 Å². The van der Waals surface area contributed by atoms with Crippen LogP contribution in [0.25, 0.3) is 22.5 Å². The van der Waals surface area contributed by atoms with E-state index in [0.29, 0.717) is 62.9 Å². The Morgan fingerprint density at radius 2 is 1.60 bits per heavy atom. The molecule has 2 saturated heterocycles. The highest BCUT2D eigenvalue weighted by Crippen LogP contribution is 2.40. The Bertz CT molecular complexity index is 2030. The maximum Gasteiger partial charge on any atom is 0.315 e. The van der Waals surface area contributed by atoms with Gasteiger partial charge in [0.25, 0.3) is 0 Å². The van der Waals surface area contributed by atoms with Crippen LogP contribution in [0.4, 0.5) is 10.5 Å². The van der Waals surface area contributed by atoms with E-state index in [2.05, 4.69) is 42.0 Å². The summed E-state index contributed by atoms with van der Waals surface area (Å²) in [5, 5.41) is 26.9. The number of thioether (sulfide) groups is 1. The van der Waals surface area contributed by atoms with Crippen molar-refractivity contribution in [3.05, 3.63) is 54.1 Å². The zero-order valence-electron chi connectivity index (χ0n) is 36.2. The fraction of sp³-hybridized carbons (Fsp3) is 0.568. The predicted octanol–water partition coefficient (Wildman–Crippen LogP) is 5.97. The number of nitrogens with one attached hydrogen (secondary N) is 6. The Hall–Kier alpha value is -4.26. The molecule has 0 spiro atoms. The first-order chi connectivity index (χ1) is 29.8. The number of rotatable bonds is 23. The van der Waals surface area contributed by atoms with E-state index in [1.807, 2.05) is 88.0 Å². The molecule has 18 heteroatoms. The molecule has 3 atom stereocenters. The third-order valence-corrected chi connectivity index (χ3v) is 15.2. The zero-order valence-corrected chi connectivity index (χ0v) is 38.6. The molecule has 62 heavy (non-hydrogen) atoms. The highest BCUT2D eigenvalue weighted by atomic mass is 33.1. The van der Waals surface area contributed by atoms with E-state index >= 15 is 0 Å². The van der Waals surface area contributed by atoms with Crippen LogP contribution in [-0.2, 0) is 30.5 Å². The van der Waals surface area contributed by atoms with Crippen molar-refractivity contribution in [2.45, 2.75) is 121 Å². The van der Waals surface area contributed by atoms with Crippen molar-refractivity contribution in [1.82, 2.24) is 42.0 Å². The monoisotopic (exact) mass is 907 g/mol. The van der Waals surface area contributed by atoms with Crippen molar-refractivity contribution >= 4 is 68.7 Å². The van der Waals surface area contributed by atoms with Crippen LogP contribution in [-0.4, -0.2) is 110 Å². The summed E-state index contributed by atoms with van der Waals surface area (Å²) in [5.74, 6) is 2.11. The lowest BCUT2D eigenvalue weighted by Gasteiger charge is -2.31. The van der Waals surface area contributed by atoms with Crippen LogP contribution in [0.2, 0.25) is 0 Å². The van der Waals surface area contributed by atoms with Gasteiger partial charge in [-0.05, 0) is 65.0 Å². The molecule has 6 N–H and O–H groups in total. The topological polar surface area (TPSA) is 200 Å². The second kappa shape index (κ2) is 22.4. The lowest BCUT2D eigenvalue weighted by atomic mass is 9.95. The van der Waals surface area contributed by atoms with E-state index in [4.69, 9.17) is 4.74 Å². The third-order valence-electron chi connectivity index (χ3n) is 11.3. The number of hydrogen-bond donors (Lipinski definition) is 6. The maximum atomic E-state index is 13.8. The number of amides is 6. The number of nitrogens with zero attached hydrogens (tertiary/aromatic N) is 3. The van der Waals surface area contributed by atoms with Gasteiger partial charge in [-0.15, -0.1) is 5.10 Å². The minimum atomic E-state index is -0.559. The summed E-state index contributed by atoms with van der Waals surface area (Å²) in [6, 6.07) is 15.9. The average molecular weight is 908 g/mol. The van der Waals surface area contributed by atoms with Crippen molar-refractivity contribution < 1.29 is 28.7 Å². The number of H-pyrrole nitrogens is 1. The number of hydrogen-bond acceptors (Lipinski definition) is 11. The summed E-state index contributed by atoms with van der Waals surface area (Å²) in [6.45, 7) is 9.72. The van der Waals surface area contributed by atoms with Crippen LogP contribution in [0, 0.1) is 0 Å². The molecule has 1 aromatic heterocycles. The van der Waals surface area contributed by atoms with Crippen LogP contribution in [0.1, 0.15) is 91.0 Å². The van der Waals surface area contributed by atoms with Crippen molar-refractivity contribution in [2.24, 2.45) is 0 Å². The van der Waals surface area contributed by atoms with Crippen molar-refractivity contribution in [3.8, 4) is 22.5 Å². The smallest absolute Gasteiger partial charge is 0.315 e. The first-order valence-electron chi connectivity index (χ1n) is 21.6. The number of unbranched alkanes of at least 4 members (excludes halogenated alkanes) is 1. The Kier molecular flexibility index (Phi) is 17.1. The van der Waals surface area contributed by atoms with Crippen LogP contribution >= 0.6 is 33.3 Å². The molecule has 6 rings (SSSR count). The largest absolute Gasteiger partial charge is 0.375 e. The summed E-state index contributed by atoms with van der Waals surface area (Å²) in [6.07, 6.45) is 5.03. The SMILES string of the molecule is CC(C)(CCOC(C)(C)CCNC(=O)CCSSCCNC(=O)CCCC[C@@H]1SC[C@@H]2NC(=O)N[C@@H]21)NC(=O)CCC(=O)N1Cc2ccccc2-c2nn[nH]c2-c2ccccc21. The fourth-order valence-corrected chi connectivity index (χ4v) is 11.3. The number of anilines is 1. The number of aromatic amines is 1. The molecule has 3 aromatic rings. The molecule has 0 saturated carbocycles. The second-order valence-corrected chi connectivity index (χ2v) is 21.2. The lowest BCUT2D eigenvalue weighted by molar-refractivity contribution is -0.126. The molecular formula is C44H61N9O6S3. The van der Waals surface area contributed by atoms with Gasteiger partial charge in [-0.25, -0.2) is 4.79 Å². The Morgan fingerprint density at radius 3 is 2.44 bits per heavy atom. The van der Waals surface area contributed by atoms with Gasteiger partial charge in [0.2, 0.25) is 23.6 Å². The Labute approximate surface area is 376 Å². The minimum Gasteiger partial charge on any atom is -0.375 e. The molecule has 15 nitrogen and oxygen atoms in total. The van der Waals surface area contributed by atoms with E-state index in [1.54, 1.807) is 26.5 Å². The van der Waals surface area contributed by atoms with Crippen molar-refractivity contribution in [1.29, 1.82) is 0 Å². The van der Waals surface area contributed by atoms with Gasteiger partial charge in [0.1, 0.15) is 5.69 Å². The van der Waals surface area contributed by atoms with Crippen molar-refractivity contribution in [3.63, 3.8) is 0 Å². The second-order valence-electron chi connectivity index (χ2n) is 17.2. The summed E-state index contributed by atoms with van der Waals surface area (Å²) in [5.41, 5.74) is 3.86. The third kappa shape index (κ3) is 13.6. The molecule has 336 valence electrons. The molecule has 4 heterocycles. The number of benzene rings is 2. The Balaban J connectivity index is 0.793. The Morgan fingerprint density at radius 1 is 0.855 bits per heavy atom. The highest BCUT2D eigenvalue weighted by molar-refractivity contribution is 8.76. The van der Waals surface area contributed by atoms with Gasteiger partial charge in [0, 0.05) is 84.6 Å². The van der Waals surface area contributed by atoms with Crippen LogP contribution < -0.4 is 31.5 Å². The number of para-hydroxylation sites is 1. The first kappa shape index (κ1) is 47.2. The highest BCUT2D eigenvalue weighted by Gasteiger charge is 2.42. The lowest BCUT2D eigenvalue weighted by Crippen LogP contribution is -2.45. The normalized spacial score (nSPS) is 18.0. The first-order valence-corrected chi connectivity index (χ1v) is 25.1. The number of carbonyl (C=O) groups excluding carboxylic acids is 5. The summed E-state index contributed by atoms with van der Waals surface area (Å²) >= 11 is 1.90. The molecule has 6 amide bonds. The van der Waals surface area contributed by atoms with Gasteiger partial charge >= 0.3 is 6.03 Å². The van der Waals surface area contributed by atoms with Gasteiger partial charge in [-0.1, -0.05) is 75.7 Å². The summed E-state index contributed by atoms with van der Waals surface area (Å²) < 4.78 is 6.20. The molecular weight excluding hydrogens is 847 g/mol. The molecule has 3 aliphatic rings. The minimum absolute atomic E-state index is 0.00718. The van der Waals surface area contributed by atoms with Crippen LogP contribution in [0.15, 0.2) is 48.5 Å². The number of fused-ring (bicyclic) bond motifs is 6. The van der Waals surface area contributed by atoms with E-state index in [1.165, 1.54) is 0 Å². The van der Waals surface area contributed by atoms with Gasteiger partial charge in [0.15, 0.2) is 0 Å². The van der Waals surface area contributed by atoms with Gasteiger partial charge in [-0.3, -0.25) is 24.3 Å². The number of ether oxygens (including phenoxy) is 1. The van der Waals surface area contributed by atoms with E-state index in [-0.39, 0.29) is 54.6 Å². The summed E-state index contributed by atoms with van der Waals surface area (Å²) in [4.78, 5) is 64.9. The van der Waals surface area contributed by atoms with Gasteiger partial charge in [0.05, 0.1) is 35.6 Å². The van der Waals surface area contributed by atoms with Crippen LogP contribution in [0.5, 0.6) is 0 Å². The standard InChI is InChI=1S/C44H61N9O6S3/c1-43(2,49-37(56)17-18-38(57)53-27-29-11-5-6-12-30(29)39-40(51-52-50-39)31-13-7-8-14-33(31)53)21-24-59-44(3,4)20-22-45-36(55)19-25-61-62-26-23-46-35(54)16-10-9-15-34-41-32(28-60-34)47-42(58)48-41/h5-8,11-14,32,34,41H,9-10,15-28H2,1-4H3,(H,45,55)(H,46,54)(H,49,56)(H2,47,48,58)(H,50,51,52)/t32-,34-,41-/m0/s1. The molecule has 0 unspecified atom stereocenters. The molecule has 0 aliphatic carbocycles. The summed E-state index contributed by atoms with van der Waals surface area (Å²) in [7, 11) is 3.28. The molecule has 2 aromatic carbocycles. The van der Waals surface area contributed by atoms with Gasteiger partial charge in [-0.2, -0.15) is 11.8 Å². The van der Waals surface area contributed by atoms with E-state index in [0.717, 1.165) is 64.5 Å².